The topological polar surface area (TPSA) is 119 Å². The van der Waals surface area contributed by atoms with Crippen LogP contribution in [0.25, 0.3) is 0 Å². The molecule has 0 saturated carbocycles. The number of primary sulfonamides is 1. The third-order valence-electron chi connectivity index (χ3n) is 3.91. The molecule has 0 atom stereocenters. The van der Waals surface area contributed by atoms with Crippen LogP contribution in [-0.2, 0) is 19.9 Å². The predicted octanol–water partition coefficient (Wildman–Crippen LogP) is 3.89. The molecule has 0 saturated heterocycles. The smallest absolute Gasteiger partial charge is 0.225 e. The van der Waals surface area contributed by atoms with Gasteiger partial charge in [-0.05, 0) is 49.4 Å². The van der Waals surface area contributed by atoms with Crippen LogP contribution >= 0.6 is 0 Å². The highest BCUT2D eigenvalue weighted by molar-refractivity contribution is 7.92. The van der Waals surface area contributed by atoms with E-state index < -0.39 is 19.9 Å². The fourth-order valence-corrected chi connectivity index (χ4v) is 4.45. The maximum absolute atomic E-state index is 13.1. The molecule has 0 bridgehead atoms. The van der Waals surface area contributed by atoms with Gasteiger partial charge in [0.05, 0.1) is 15.5 Å². The van der Waals surface area contributed by atoms with Crippen LogP contribution in [0.2, 0.25) is 0 Å². The van der Waals surface area contributed by atoms with Crippen molar-refractivity contribution in [3.63, 3.8) is 0 Å². The maximum Gasteiger partial charge on any atom is 0.238 e. The SMILES string of the molecule is Cc1ccc(S(=O)(=O)c2cc(S(N)(=O)=O)ccc2N=Nc2ccccc2)cc1. The summed E-state index contributed by atoms with van der Waals surface area (Å²) in [5, 5.41) is 13.2. The number of benzene rings is 3. The number of hydrogen-bond donors (Lipinski definition) is 1. The molecular weight excluding hydrogens is 398 g/mol. The lowest BCUT2D eigenvalue weighted by molar-refractivity contribution is 0.595. The molecule has 3 rings (SSSR count). The minimum absolute atomic E-state index is 0.0110. The van der Waals surface area contributed by atoms with Gasteiger partial charge in [0, 0.05) is 0 Å². The van der Waals surface area contributed by atoms with Crippen molar-refractivity contribution in [3.05, 3.63) is 78.4 Å². The van der Waals surface area contributed by atoms with Crippen LogP contribution in [0.4, 0.5) is 11.4 Å². The molecule has 0 radical (unpaired) electrons. The van der Waals surface area contributed by atoms with Gasteiger partial charge in [-0.1, -0.05) is 35.9 Å². The van der Waals surface area contributed by atoms with Gasteiger partial charge in [-0.15, -0.1) is 5.11 Å². The van der Waals surface area contributed by atoms with E-state index in [1.807, 2.05) is 13.0 Å². The molecule has 0 heterocycles. The van der Waals surface area contributed by atoms with Crippen LogP contribution in [0, 0.1) is 6.92 Å². The third-order valence-corrected chi connectivity index (χ3v) is 6.62. The Kier molecular flexibility index (Phi) is 5.41. The lowest BCUT2D eigenvalue weighted by Crippen LogP contribution is -2.13. The van der Waals surface area contributed by atoms with Crippen LogP contribution in [0.5, 0.6) is 0 Å². The number of hydrogen-bond acceptors (Lipinski definition) is 6. The standard InChI is InChI=1S/C19H17N3O4S2/c1-14-7-9-16(10-8-14)27(23,24)19-13-17(28(20,25)26)11-12-18(19)22-21-15-5-3-2-4-6-15/h2-13H,1H3,(H2,20,25,26). The molecule has 0 amide bonds. The van der Waals surface area contributed by atoms with Gasteiger partial charge < -0.3 is 0 Å². The van der Waals surface area contributed by atoms with Gasteiger partial charge >= 0.3 is 0 Å². The Morgan fingerprint density at radius 2 is 1.36 bits per heavy atom. The summed E-state index contributed by atoms with van der Waals surface area (Å²) in [7, 11) is -8.14. The van der Waals surface area contributed by atoms with Gasteiger partial charge in [-0.2, -0.15) is 5.11 Å². The fourth-order valence-electron chi connectivity index (χ4n) is 2.42. The first kappa shape index (κ1) is 19.9. The lowest BCUT2D eigenvalue weighted by Gasteiger charge is -2.09. The Morgan fingerprint density at radius 3 is 1.96 bits per heavy atom. The molecule has 3 aromatic carbocycles. The van der Waals surface area contributed by atoms with E-state index in [9.17, 15) is 16.8 Å². The summed E-state index contributed by atoms with van der Waals surface area (Å²) in [4.78, 5) is -0.597. The average molecular weight is 415 g/mol. The molecule has 0 aromatic heterocycles. The van der Waals surface area contributed by atoms with Crippen LogP contribution in [0.1, 0.15) is 5.56 Å². The van der Waals surface area contributed by atoms with E-state index in [2.05, 4.69) is 10.2 Å². The van der Waals surface area contributed by atoms with Crippen molar-refractivity contribution in [3.8, 4) is 0 Å². The molecular formula is C19H17N3O4S2. The molecule has 0 fully saturated rings. The van der Waals surface area contributed by atoms with Crippen molar-refractivity contribution >= 4 is 31.2 Å². The van der Waals surface area contributed by atoms with Crippen LogP contribution in [0.15, 0.2) is 97.7 Å². The minimum Gasteiger partial charge on any atom is -0.225 e. The highest BCUT2D eigenvalue weighted by Crippen LogP contribution is 2.33. The predicted molar refractivity (Wildman–Crippen MR) is 105 cm³/mol. The van der Waals surface area contributed by atoms with Crippen LogP contribution in [-0.4, -0.2) is 16.8 Å². The maximum atomic E-state index is 13.1. The number of rotatable bonds is 5. The van der Waals surface area contributed by atoms with Crippen molar-refractivity contribution in [1.82, 2.24) is 0 Å². The Bertz CT molecular complexity index is 1240. The van der Waals surface area contributed by atoms with Crippen molar-refractivity contribution in [2.45, 2.75) is 21.6 Å². The summed E-state index contributed by atoms with van der Waals surface area (Å²) in [5.41, 5.74) is 1.43. The molecule has 3 aromatic rings. The van der Waals surface area contributed by atoms with E-state index in [0.29, 0.717) is 5.69 Å². The summed E-state index contributed by atoms with van der Waals surface area (Å²) >= 11 is 0. The summed E-state index contributed by atoms with van der Waals surface area (Å²) in [6.45, 7) is 1.83. The van der Waals surface area contributed by atoms with E-state index in [-0.39, 0.29) is 20.4 Å². The van der Waals surface area contributed by atoms with E-state index in [1.54, 1.807) is 36.4 Å². The van der Waals surface area contributed by atoms with Crippen molar-refractivity contribution in [1.29, 1.82) is 0 Å². The van der Waals surface area contributed by atoms with Crippen molar-refractivity contribution in [2.75, 3.05) is 0 Å². The Morgan fingerprint density at radius 1 is 0.750 bits per heavy atom. The number of sulfonamides is 1. The van der Waals surface area contributed by atoms with E-state index in [4.69, 9.17) is 5.14 Å². The van der Waals surface area contributed by atoms with Crippen LogP contribution in [0.3, 0.4) is 0 Å². The average Bonchev–Trinajstić information content (AvgIpc) is 2.66. The second-order valence-electron chi connectivity index (χ2n) is 6.03. The normalized spacial score (nSPS) is 12.4. The molecule has 28 heavy (non-hydrogen) atoms. The van der Waals surface area contributed by atoms with Crippen molar-refractivity contribution in [2.24, 2.45) is 15.4 Å². The van der Waals surface area contributed by atoms with Gasteiger partial charge in [0.1, 0.15) is 10.6 Å². The van der Waals surface area contributed by atoms with Crippen LogP contribution < -0.4 is 5.14 Å². The molecule has 2 N–H and O–H groups in total. The molecule has 0 unspecified atom stereocenters. The Balaban J connectivity index is 2.18. The Hall–Kier alpha value is -2.88. The largest absolute Gasteiger partial charge is 0.238 e. The zero-order chi connectivity index (χ0) is 20.4. The van der Waals surface area contributed by atoms with Gasteiger partial charge in [0.2, 0.25) is 19.9 Å². The summed E-state index contributed by atoms with van der Waals surface area (Å²) in [6.07, 6.45) is 0. The fraction of sp³-hybridized carbons (Fsp3) is 0.0526. The molecule has 0 aliphatic rings. The monoisotopic (exact) mass is 415 g/mol. The van der Waals surface area contributed by atoms with E-state index in [1.165, 1.54) is 24.3 Å². The quantitative estimate of drug-likeness (QED) is 0.636. The Labute approximate surface area is 163 Å². The molecule has 9 heteroatoms. The third kappa shape index (κ3) is 4.33. The number of nitrogens with zero attached hydrogens (tertiary/aromatic N) is 2. The lowest BCUT2D eigenvalue weighted by atomic mass is 10.2. The first-order chi connectivity index (χ1) is 13.2. The molecule has 0 aliphatic carbocycles. The van der Waals surface area contributed by atoms with Gasteiger partial charge in [0.15, 0.2) is 0 Å². The zero-order valence-corrected chi connectivity index (χ0v) is 16.5. The summed E-state index contributed by atoms with van der Waals surface area (Å²) < 4.78 is 49.7. The van der Waals surface area contributed by atoms with Gasteiger partial charge in [-0.3, -0.25) is 0 Å². The molecule has 0 aliphatic heterocycles. The number of azo groups is 1. The second kappa shape index (κ2) is 7.63. The number of aryl methyl sites for hydroxylation is 1. The highest BCUT2D eigenvalue weighted by atomic mass is 32.2. The first-order valence-corrected chi connectivity index (χ1v) is 11.2. The van der Waals surface area contributed by atoms with E-state index in [0.717, 1.165) is 11.6 Å². The summed E-state index contributed by atoms with van der Waals surface area (Å²) in [6, 6.07) is 18.4. The number of nitrogens with two attached hydrogens (primary N) is 1. The van der Waals surface area contributed by atoms with Crippen molar-refractivity contribution < 1.29 is 16.8 Å². The number of sulfone groups is 1. The minimum atomic E-state index is -4.10. The first-order valence-electron chi connectivity index (χ1n) is 8.13. The van der Waals surface area contributed by atoms with Gasteiger partial charge in [-0.25, -0.2) is 22.0 Å². The zero-order valence-electron chi connectivity index (χ0n) is 14.8. The molecule has 0 spiro atoms. The second-order valence-corrected chi connectivity index (χ2v) is 9.51. The molecule has 7 nitrogen and oxygen atoms in total. The van der Waals surface area contributed by atoms with Gasteiger partial charge in [0.25, 0.3) is 0 Å². The molecule has 144 valence electrons. The highest BCUT2D eigenvalue weighted by Gasteiger charge is 2.24. The summed E-state index contributed by atoms with van der Waals surface area (Å²) in [5.74, 6) is 0. The van der Waals surface area contributed by atoms with E-state index >= 15 is 0 Å².